The third-order valence-electron chi connectivity index (χ3n) is 6.10. The van der Waals surface area contributed by atoms with Crippen LogP contribution < -0.4 is 15.2 Å². The number of nitrogens with one attached hydrogen (secondary N) is 1. The maximum absolute atomic E-state index is 13.5. The molecule has 0 amide bonds. The Bertz CT molecular complexity index is 1180. The van der Waals surface area contributed by atoms with E-state index in [1.807, 2.05) is 0 Å². The molecule has 0 saturated heterocycles. The van der Waals surface area contributed by atoms with Crippen LogP contribution in [0.5, 0.6) is 11.5 Å². The fourth-order valence-electron chi connectivity index (χ4n) is 4.14. The Morgan fingerprint density at radius 3 is 2.60 bits per heavy atom. The van der Waals surface area contributed by atoms with Crippen LogP contribution in [0.25, 0.3) is 0 Å². The summed E-state index contributed by atoms with van der Waals surface area (Å²) in [5.41, 5.74) is 5.73. The Kier molecular flexibility index (Phi) is 7.40. The number of carboxylic acid groups (broad SMARTS) is 1. The summed E-state index contributed by atoms with van der Waals surface area (Å²) in [5, 5.41) is 23.5. The van der Waals surface area contributed by atoms with E-state index in [0.717, 1.165) is 12.8 Å². The van der Waals surface area contributed by atoms with Crippen molar-refractivity contribution in [2.75, 3.05) is 6.61 Å². The maximum Gasteiger partial charge on any atom is 0.336 e. The average Bonchev–Trinajstić information content (AvgIpc) is 3.41. The van der Waals surface area contributed by atoms with Gasteiger partial charge in [-0.3, -0.25) is 10.5 Å². The minimum atomic E-state index is -1.44. The number of benzene rings is 2. The number of aromatic amines is 1. The summed E-state index contributed by atoms with van der Waals surface area (Å²) >= 11 is 0. The van der Waals surface area contributed by atoms with E-state index in [9.17, 15) is 14.7 Å². The van der Waals surface area contributed by atoms with Crippen molar-refractivity contribution in [3.8, 4) is 11.5 Å². The summed E-state index contributed by atoms with van der Waals surface area (Å²) < 4.78 is 11.8. The molecule has 4 rings (SSSR count). The minimum absolute atomic E-state index is 0.0578. The molecule has 35 heavy (non-hydrogen) atoms. The van der Waals surface area contributed by atoms with Gasteiger partial charge in [0, 0.05) is 12.0 Å². The van der Waals surface area contributed by atoms with Gasteiger partial charge in [-0.15, -0.1) is 10.2 Å². The number of aryl methyl sites for hydroxylation is 1. The molecule has 1 aromatic heterocycles. The van der Waals surface area contributed by atoms with Crippen molar-refractivity contribution in [2.24, 2.45) is 5.73 Å². The Morgan fingerprint density at radius 2 is 1.91 bits per heavy atom. The number of carbonyl (C=O) groups is 2. The van der Waals surface area contributed by atoms with Gasteiger partial charge in [0.25, 0.3) is 0 Å². The smallest absolute Gasteiger partial charge is 0.336 e. The lowest BCUT2D eigenvalue weighted by Crippen LogP contribution is -2.47. The van der Waals surface area contributed by atoms with Gasteiger partial charge in [-0.25, -0.2) is 4.79 Å². The zero-order valence-corrected chi connectivity index (χ0v) is 19.6. The molecule has 1 atom stereocenters. The highest BCUT2D eigenvalue weighted by molar-refractivity contribution is 6.16. The zero-order valence-electron chi connectivity index (χ0n) is 19.6. The normalized spacial score (nSPS) is 16.9. The van der Waals surface area contributed by atoms with Gasteiger partial charge < -0.3 is 14.6 Å². The summed E-state index contributed by atoms with van der Waals surface area (Å²) in [7, 11) is 0. The first-order valence-electron chi connectivity index (χ1n) is 11.8. The highest BCUT2D eigenvalue weighted by atomic mass is 16.5. The number of fused-ring (bicyclic) bond motifs is 1. The van der Waals surface area contributed by atoms with E-state index >= 15 is 0 Å². The number of nitrogens with two attached hydrogens (primary N) is 1. The van der Waals surface area contributed by atoms with Gasteiger partial charge in [0.05, 0.1) is 17.7 Å². The van der Waals surface area contributed by atoms with Crippen molar-refractivity contribution in [3.63, 3.8) is 0 Å². The first-order chi connectivity index (χ1) is 16.9. The van der Waals surface area contributed by atoms with Crippen LogP contribution in [-0.2, 0) is 12.1 Å². The average molecular weight is 480 g/mol. The van der Waals surface area contributed by atoms with Crippen LogP contribution in [0.1, 0.15) is 83.1 Å². The number of carbonyl (C=O) groups excluding carboxylic acids is 1. The number of aromatic carboxylic acids is 1. The van der Waals surface area contributed by atoms with E-state index in [0.29, 0.717) is 36.3 Å². The molecule has 10 heteroatoms. The first kappa shape index (κ1) is 24.3. The van der Waals surface area contributed by atoms with Gasteiger partial charge in [0.2, 0.25) is 11.5 Å². The van der Waals surface area contributed by atoms with Gasteiger partial charge in [-0.05, 0) is 54.0 Å². The Balaban J connectivity index is 1.57. The predicted octanol–water partition coefficient (Wildman–Crippen LogP) is 3.61. The van der Waals surface area contributed by atoms with Gasteiger partial charge in [-0.1, -0.05) is 38.7 Å². The molecule has 2 heterocycles. The summed E-state index contributed by atoms with van der Waals surface area (Å²) in [5.74, 6) is -0.822. The van der Waals surface area contributed by atoms with Crippen molar-refractivity contribution < 1.29 is 24.2 Å². The van der Waals surface area contributed by atoms with Crippen molar-refractivity contribution in [2.45, 2.75) is 57.6 Å². The van der Waals surface area contributed by atoms with Crippen LogP contribution in [0.3, 0.4) is 0 Å². The molecule has 0 fully saturated rings. The number of carboxylic acids is 1. The highest BCUT2D eigenvalue weighted by Gasteiger charge is 2.41. The van der Waals surface area contributed by atoms with Crippen molar-refractivity contribution in [3.05, 3.63) is 64.5 Å². The number of hydrogen-bond donors (Lipinski definition) is 3. The summed E-state index contributed by atoms with van der Waals surface area (Å²) in [6.45, 7) is 2.78. The largest absolute Gasteiger partial charge is 0.494 e. The van der Waals surface area contributed by atoms with Crippen LogP contribution >= 0.6 is 0 Å². The number of rotatable bonds is 11. The molecular formula is C25H29N5O5. The molecular weight excluding hydrogens is 450 g/mol. The predicted molar refractivity (Wildman–Crippen MR) is 127 cm³/mol. The molecule has 0 saturated carbocycles. The third-order valence-corrected chi connectivity index (χ3v) is 6.10. The van der Waals surface area contributed by atoms with E-state index < -0.39 is 17.5 Å². The summed E-state index contributed by atoms with van der Waals surface area (Å²) in [6, 6.07) is 9.73. The number of tetrazole rings is 1. The van der Waals surface area contributed by atoms with E-state index in [2.05, 4.69) is 27.5 Å². The van der Waals surface area contributed by atoms with E-state index in [4.69, 9.17) is 15.2 Å². The number of unbranched alkanes of at least 4 members (excludes halogenated alkanes) is 4. The number of ketones is 1. The standard InChI is InChI=1S/C25H29N5O5/c1-2-3-4-5-6-15-34-18-10-7-16(8-11-18)21(31)20-19(23(32)33)12-9-17-13-14-25(26,35-22(17)20)24-27-29-30-28-24/h7-12H,2-6,13-15,26H2,1H3,(H,32,33)(H,27,28,29,30). The lowest BCUT2D eigenvalue weighted by atomic mass is 9.90. The third kappa shape index (κ3) is 5.32. The number of hydrogen-bond acceptors (Lipinski definition) is 8. The molecule has 0 aliphatic carbocycles. The van der Waals surface area contributed by atoms with Crippen LogP contribution in [0, 0.1) is 0 Å². The topological polar surface area (TPSA) is 153 Å². The zero-order chi connectivity index (χ0) is 24.8. The Hall–Kier alpha value is -3.79. The Morgan fingerprint density at radius 1 is 1.14 bits per heavy atom. The van der Waals surface area contributed by atoms with E-state index in [-0.39, 0.29) is 22.7 Å². The number of nitrogens with zero attached hydrogens (tertiary/aromatic N) is 3. The van der Waals surface area contributed by atoms with Gasteiger partial charge in [0.15, 0.2) is 5.78 Å². The van der Waals surface area contributed by atoms with Crippen LogP contribution in [0.15, 0.2) is 36.4 Å². The van der Waals surface area contributed by atoms with Gasteiger partial charge in [0.1, 0.15) is 11.5 Å². The highest BCUT2D eigenvalue weighted by Crippen LogP contribution is 2.40. The van der Waals surface area contributed by atoms with Gasteiger partial charge >= 0.3 is 5.97 Å². The molecule has 1 unspecified atom stereocenters. The minimum Gasteiger partial charge on any atom is -0.494 e. The molecule has 0 spiro atoms. The molecule has 0 radical (unpaired) electrons. The summed E-state index contributed by atoms with van der Waals surface area (Å²) in [4.78, 5) is 25.5. The summed E-state index contributed by atoms with van der Waals surface area (Å²) in [6.07, 6.45) is 6.49. The SMILES string of the molecule is CCCCCCCOc1ccc(C(=O)c2c(C(=O)O)ccc3c2OC(N)(c2nn[nH]n2)CC3)cc1. The second-order valence-corrected chi connectivity index (χ2v) is 8.62. The second kappa shape index (κ2) is 10.6. The molecule has 3 aromatic rings. The fraction of sp³-hybridized carbons (Fsp3) is 0.400. The molecule has 1 aliphatic heterocycles. The maximum atomic E-state index is 13.5. The monoisotopic (exact) mass is 479 g/mol. The molecule has 10 nitrogen and oxygen atoms in total. The number of aromatic nitrogens is 4. The van der Waals surface area contributed by atoms with E-state index in [1.165, 1.54) is 25.3 Å². The van der Waals surface area contributed by atoms with Crippen LogP contribution in [0.2, 0.25) is 0 Å². The van der Waals surface area contributed by atoms with Crippen molar-refractivity contribution >= 4 is 11.8 Å². The van der Waals surface area contributed by atoms with Crippen LogP contribution in [-0.4, -0.2) is 44.1 Å². The van der Waals surface area contributed by atoms with E-state index in [1.54, 1.807) is 30.3 Å². The quantitative estimate of drug-likeness (QED) is 0.276. The molecule has 184 valence electrons. The second-order valence-electron chi connectivity index (χ2n) is 8.62. The van der Waals surface area contributed by atoms with Crippen LogP contribution in [0.4, 0.5) is 0 Å². The van der Waals surface area contributed by atoms with Gasteiger partial charge in [-0.2, -0.15) is 5.21 Å². The molecule has 1 aliphatic rings. The number of H-pyrrole nitrogens is 1. The molecule has 4 N–H and O–H groups in total. The Labute approximate surface area is 202 Å². The molecule has 2 aromatic carbocycles. The lowest BCUT2D eigenvalue weighted by Gasteiger charge is -2.34. The van der Waals surface area contributed by atoms with Crippen molar-refractivity contribution in [1.29, 1.82) is 0 Å². The number of ether oxygens (including phenoxy) is 2. The van der Waals surface area contributed by atoms with Crippen molar-refractivity contribution in [1.82, 2.24) is 20.6 Å². The fourth-order valence-corrected chi connectivity index (χ4v) is 4.14. The first-order valence-corrected chi connectivity index (χ1v) is 11.8. The lowest BCUT2D eigenvalue weighted by molar-refractivity contribution is 0.0387. The molecule has 0 bridgehead atoms.